The van der Waals surface area contributed by atoms with Gasteiger partial charge in [-0.15, -0.1) is 0 Å². The SMILES string of the molecule is Cc1ccnc(C(N)=O)c1C1(S(=O)(=O)CC2CC2)CCCCC1. The molecule has 2 saturated carbocycles. The lowest BCUT2D eigenvalue weighted by molar-refractivity contribution is 0.0993. The predicted octanol–water partition coefficient (Wildman–Crippen LogP) is 2.47. The lowest BCUT2D eigenvalue weighted by Crippen LogP contribution is -2.42. The van der Waals surface area contributed by atoms with Gasteiger partial charge in [-0.05, 0) is 50.2 Å². The molecule has 0 atom stereocenters. The van der Waals surface area contributed by atoms with Crippen LogP contribution in [0.1, 0.15) is 66.6 Å². The molecule has 2 fully saturated rings. The first kappa shape index (κ1) is 16.4. The second-order valence-corrected chi connectivity index (χ2v) is 9.34. The van der Waals surface area contributed by atoms with Crippen molar-refractivity contribution in [3.63, 3.8) is 0 Å². The molecule has 0 radical (unpaired) electrons. The first-order valence-corrected chi connectivity index (χ1v) is 10.0. The number of aryl methyl sites for hydroxylation is 1. The molecule has 126 valence electrons. The molecule has 1 aromatic rings. The summed E-state index contributed by atoms with van der Waals surface area (Å²) < 4.78 is 25.6. The minimum absolute atomic E-state index is 0.131. The number of carbonyl (C=O) groups excluding carboxylic acids is 1. The fourth-order valence-corrected chi connectivity index (χ4v) is 6.67. The number of amides is 1. The standard InChI is InChI=1S/C17H24N2O3S/c1-12-7-10-19-15(16(18)20)14(12)17(8-3-2-4-9-17)23(21,22)11-13-5-6-13/h7,10,13H,2-6,8-9,11H2,1H3,(H2,18,20). The van der Waals surface area contributed by atoms with Gasteiger partial charge in [0.1, 0.15) is 5.69 Å². The number of carbonyl (C=O) groups is 1. The van der Waals surface area contributed by atoms with E-state index in [1.165, 1.54) is 6.20 Å². The number of rotatable bonds is 5. The number of aromatic nitrogens is 1. The summed E-state index contributed by atoms with van der Waals surface area (Å²) in [5.74, 6) is -0.136. The van der Waals surface area contributed by atoms with E-state index < -0.39 is 20.5 Å². The number of nitrogens with two attached hydrogens (primary N) is 1. The quantitative estimate of drug-likeness (QED) is 0.894. The summed E-state index contributed by atoms with van der Waals surface area (Å²) >= 11 is 0. The van der Waals surface area contributed by atoms with Crippen LogP contribution in [0.5, 0.6) is 0 Å². The minimum atomic E-state index is -3.36. The Bertz CT molecular complexity index is 717. The van der Waals surface area contributed by atoms with E-state index in [1.54, 1.807) is 6.07 Å². The van der Waals surface area contributed by atoms with Gasteiger partial charge in [-0.2, -0.15) is 0 Å². The molecule has 0 aromatic carbocycles. The number of hydrogen-bond acceptors (Lipinski definition) is 4. The molecule has 1 heterocycles. The fourth-order valence-electron chi connectivity index (χ4n) is 3.91. The molecule has 1 amide bonds. The lowest BCUT2D eigenvalue weighted by atomic mass is 9.80. The van der Waals surface area contributed by atoms with Gasteiger partial charge in [-0.25, -0.2) is 8.42 Å². The summed E-state index contributed by atoms with van der Waals surface area (Å²) in [7, 11) is -3.36. The minimum Gasteiger partial charge on any atom is -0.364 e. The summed E-state index contributed by atoms with van der Waals surface area (Å²) in [6, 6.07) is 1.78. The normalized spacial score (nSPS) is 21.1. The van der Waals surface area contributed by atoms with Crippen LogP contribution in [0, 0.1) is 12.8 Å². The van der Waals surface area contributed by atoms with E-state index in [9.17, 15) is 13.2 Å². The molecule has 0 saturated heterocycles. The molecule has 0 bridgehead atoms. The van der Waals surface area contributed by atoms with Crippen LogP contribution >= 0.6 is 0 Å². The van der Waals surface area contributed by atoms with Crippen molar-refractivity contribution in [2.75, 3.05) is 5.75 Å². The van der Waals surface area contributed by atoms with Crippen molar-refractivity contribution in [3.8, 4) is 0 Å². The Morgan fingerprint density at radius 3 is 2.52 bits per heavy atom. The number of primary amides is 1. The Morgan fingerprint density at radius 1 is 1.30 bits per heavy atom. The van der Waals surface area contributed by atoms with Crippen molar-refractivity contribution in [1.82, 2.24) is 4.98 Å². The average Bonchev–Trinajstić information content (AvgIpc) is 3.30. The maximum Gasteiger partial charge on any atom is 0.267 e. The zero-order valence-corrected chi connectivity index (χ0v) is 14.4. The second-order valence-electron chi connectivity index (χ2n) is 7.00. The molecule has 0 spiro atoms. The van der Waals surface area contributed by atoms with Gasteiger partial charge in [0.15, 0.2) is 9.84 Å². The van der Waals surface area contributed by atoms with E-state index in [0.29, 0.717) is 18.4 Å². The second kappa shape index (κ2) is 5.89. The number of hydrogen-bond donors (Lipinski definition) is 1. The van der Waals surface area contributed by atoms with Crippen LogP contribution in [0.15, 0.2) is 12.3 Å². The van der Waals surface area contributed by atoms with E-state index in [2.05, 4.69) is 4.98 Å². The molecular weight excluding hydrogens is 312 g/mol. The van der Waals surface area contributed by atoms with Crippen LogP contribution in [-0.4, -0.2) is 25.1 Å². The highest BCUT2D eigenvalue weighted by Gasteiger charge is 2.50. The lowest BCUT2D eigenvalue weighted by Gasteiger charge is -2.38. The third kappa shape index (κ3) is 2.89. The van der Waals surface area contributed by atoms with E-state index in [0.717, 1.165) is 37.7 Å². The number of pyridine rings is 1. The summed E-state index contributed by atoms with van der Waals surface area (Å²) in [6.45, 7) is 1.85. The molecule has 2 aliphatic rings. The molecular formula is C17H24N2O3S. The van der Waals surface area contributed by atoms with Crippen molar-refractivity contribution in [3.05, 3.63) is 29.1 Å². The van der Waals surface area contributed by atoms with E-state index in [4.69, 9.17) is 5.73 Å². The Kier molecular flexibility index (Phi) is 4.21. The molecule has 2 N–H and O–H groups in total. The fraction of sp³-hybridized carbons (Fsp3) is 0.647. The highest BCUT2D eigenvalue weighted by Crippen LogP contribution is 2.48. The molecule has 5 nitrogen and oxygen atoms in total. The van der Waals surface area contributed by atoms with E-state index in [1.807, 2.05) is 6.92 Å². The molecule has 6 heteroatoms. The van der Waals surface area contributed by atoms with Gasteiger partial charge in [0.2, 0.25) is 0 Å². The largest absolute Gasteiger partial charge is 0.364 e. The van der Waals surface area contributed by atoms with Gasteiger partial charge in [0.25, 0.3) is 5.91 Å². The molecule has 23 heavy (non-hydrogen) atoms. The van der Waals surface area contributed by atoms with Crippen LogP contribution in [0.2, 0.25) is 0 Å². The first-order chi connectivity index (χ1) is 10.9. The molecule has 0 aliphatic heterocycles. The summed E-state index contributed by atoms with van der Waals surface area (Å²) in [4.78, 5) is 16.0. The number of nitrogens with zero attached hydrogens (tertiary/aromatic N) is 1. The number of sulfone groups is 1. The van der Waals surface area contributed by atoms with Gasteiger partial charge in [-0.3, -0.25) is 9.78 Å². The van der Waals surface area contributed by atoms with Gasteiger partial charge in [0.05, 0.1) is 10.5 Å². The zero-order valence-electron chi connectivity index (χ0n) is 13.5. The Balaban J connectivity index is 2.19. The van der Waals surface area contributed by atoms with Crippen molar-refractivity contribution in [1.29, 1.82) is 0 Å². The van der Waals surface area contributed by atoms with Crippen molar-refractivity contribution < 1.29 is 13.2 Å². The van der Waals surface area contributed by atoms with Gasteiger partial charge in [0, 0.05) is 11.8 Å². The monoisotopic (exact) mass is 336 g/mol. The Morgan fingerprint density at radius 2 is 1.96 bits per heavy atom. The summed E-state index contributed by atoms with van der Waals surface area (Å²) in [6.07, 6.45) is 7.39. The predicted molar refractivity (Wildman–Crippen MR) is 88.8 cm³/mol. The maximum absolute atomic E-state index is 13.3. The molecule has 0 unspecified atom stereocenters. The highest BCUT2D eigenvalue weighted by molar-refractivity contribution is 7.92. The smallest absolute Gasteiger partial charge is 0.267 e. The first-order valence-electron chi connectivity index (χ1n) is 8.35. The van der Waals surface area contributed by atoms with Gasteiger partial charge >= 0.3 is 0 Å². The van der Waals surface area contributed by atoms with Crippen LogP contribution in [0.25, 0.3) is 0 Å². The zero-order chi connectivity index (χ0) is 16.7. The third-order valence-electron chi connectivity index (χ3n) is 5.26. The van der Waals surface area contributed by atoms with Crippen molar-refractivity contribution >= 4 is 15.7 Å². The van der Waals surface area contributed by atoms with Crippen LogP contribution in [-0.2, 0) is 14.6 Å². The van der Waals surface area contributed by atoms with E-state index in [-0.39, 0.29) is 17.4 Å². The van der Waals surface area contributed by atoms with Crippen LogP contribution in [0.3, 0.4) is 0 Å². The van der Waals surface area contributed by atoms with Gasteiger partial charge < -0.3 is 5.73 Å². The third-order valence-corrected chi connectivity index (χ3v) is 7.97. The van der Waals surface area contributed by atoms with Crippen molar-refractivity contribution in [2.45, 2.75) is 56.6 Å². The topological polar surface area (TPSA) is 90.1 Å². The highest BCUT2D eigenvalue weighted by atomic mass is 32.2. The Labute approximate surface area is 137 Å². The van der Waals surface area contributed by atoms with Crippen molar-refractivity contribution in [2.24, 2.45) is 11.7 Å². The van der Waals surface area contributed by atoms with Crippen LogP contribution in [0.4, 0.5) is 0 Å². The summed E-state index contributed by atoms with van der Waals surface area (Å²) in [5, 5.41) is 0. The Hall–Kier alpha value is -1.43. The average molecular weight is 336 g/mol. The molecule has 3 rings (SSSR count). The van der Waals surface area contributed by atoms with E-state index >= 15 is 0 Å². The maximum atomic E-state index is 13.3. The molecule has 2 aliphatic carbocycles. The van der Waals surface area contributed by atoms with Crippen LogP contribution < -0.4 is 5.73 Å². The van der Waals surface area contributed by atoms with Gasteiger partial charge in [-0.1, -0.05) is 19.3 Å². The summed E-state index contributed by atoms with van der Waals surface area (Å²) in [5.41, 5.74) is 7.00. The molecule has 1 aromatic heterocycles.